The number of benzene rings is 2. The Morgan fingerprint density at radius 1 is 0.722 bits per heavy atom. The van der Waals surface area contributed by atoms with Gasteiger partial charge in [0.25, 0.3) is 0 Å². The molecule has 3 aromatic rings. The molecule has 0 aliphatic carbocycles. The first-order chi connectivity index (χ1) is 8.72. The molecular formula is C17H15N. The van der Waals surface area contributed by atoms with E-state index in [-0.39, 0.29) is 0 Å². The SMILES string of the molecule is Cc1ccc(-c2[13cH]cc3cc(C)ccc3n2)cc1. The highest BCUT2D eigenvalue weighted by Crippen LogP contribution is 2.21. The van der Waals surface area contributed by atoms with Crippen molar-refractivity contribution in [3.05, 3.63) is 65.7 Å². The Labute approximate surface area is 107 Å². The zero-order chi connectivity index (χ0) is 12.5. The molecule has 18 heavy (non-hydrogen) atoms. The van der Waals surface area contributed by atoms with Crippen molar-refractivity contribution < 1.29 is 0 Å². The van der Waals surface area contributed by atoms with Crippen LogP contribution in [0.25, 0.3) is 22.2 Å². The molecule has 0 N–H and O–H groups in total. The van der Waals surface area contributed by atoms with Crippen LogP contribution in [-0.2, 0) is 0 Å². The molecule has 0 radical (unpaired) electrons. The first-order valence-corrected chi connectivity index (χ1v) is 6.17. The third-order valence-corrected chi connectivity index (χ3v) is 3.19. The molecule has 1 aromatic heterocycles. The van der Waals surface area contributed by atoms with Crippen molar-refractivity contribution in [3.63, 3.8) is 0 Å². The molecule has 1 nitrogen and oxygen atoms in total. The molecule has 1 heteroatoms. The highest BCUT2D eigenvalue weighted by Gasteiger charge is 2.01. The molecule has 0 amide bonds. The van der Waals surface area contributed by atoms with E-state index in [0.29, 0.717) is 0 Å². The number of nitrogens with zero attached hydrogens (tertiary/aromatic N) is 1. The monoisotopic (exact) mass is 234 g/mol. The average molecular weight is 234 g/mol. The summed E-state index contributed by atoms with van der Waals surface area (Å²) in [6.45, 7) is 4.20. The van der Waals surface area contributed by atoms with E-state index in [0.717, 1.165) is 11.2 Å². The number of hydrogen-bond acceptors (Lipinski definition) is 1. The minimum absolute atomic E-state index is 1.03. The molecule has 0 aliphatic rings. The van der Waals surface area contributed by atoms with Crippen molar-refractivity contribution in [2.45, 2.75) is 13.8 Å². The van der Waals surface area contributed by atoms with Crippen LogP contribution in [0.5, 0.6) is 0 Å². The van der Waals surface area contributed by atoms with Gasteiger partial charge in [-0.05, 0) is 32.0 Å². The zero-order valence-corrected chi connectivity index (χ0v) is 10.6. The second-order valence-corrected chi connectivity index (χ2v) is 4.76. The fraction of sp³-hybridized carbons (Fsp3) is 0.118. The molecule has 0 spiro atoms. The summed E-state index contributed by atoms with van der Waals surface area (Å²) in [6.07, 6.45) is 0. The summed E-state index contributed by atoms with van der Waals surface area (Å²) in [5, 5.41) is 1.20. The summed E-state index contributed by atoms with van der Waals surface area (Å²) in [7, 11) is 0. The lowest BCUT2D eigenvalue weighted by molar-refractivity contribution is 1.37. The second kappa shape index (κ2) is 4.26. The molecule has 0 atom stereocenters. The molecule has 0 bridgehead atoms. The van der Waals surface area contributed by atoms with Gasteiger partial charge in [-0.1, -0.05) is 47.5 Å². The van der Waals surface area contributed by atoms with E-state index >= 15 is 0 Å². The van der Waals surface area contributed by atoms with Crippen molar-refractivity contribution in [3.8, 4) is 11.3 Å². The van der Waals surface area contributed by atoms with Crippen molar-refractivity contribution >= 4 is 10.9 Å². The smallest absolute Gasteiger partial charge is 0.0709 e. The van der Waals surface area contributed by atoms with Crippen LogP contribution in [0.2, 0.25) is 0 Å². The second-order valence-electron chi connectivity index (χ2n) is 4.76. The van der Waals surface area contributed by atoms with Crippen molar-refractivity contribution in [2.75, 3.05) is 0 Å². The minimum atomic E-state index is 1.03. The molecule has 0 fully saturated rings. The molecule has 88 valence electrons. The maximum absolute atomic E-state index is 4.72. The van der Waals surface area contributed by atoms with E-state index in [9.17, 15) is 0 Å². The highest BCUT2D eigenvalue weighted by molar-refractivity contribution is 5.82. The van der Waals surface area contributed by atoms with Crippen LogP contribution in [0.3, 0.4) is 0 Å². The van der Waals surface area contributed by atoms with Crippen LogP contribution in [0.4, 0.5) is 0 Å². The van der Waals surface area contributed by atoms with Gasteiger partial charge in [-0.3, -0.25) is 0 Å². The van der Waals surface area contributed by atoms with Gasteiger partial charge in [0, 0.05) is 10.9 Å². The van der Waals surface area contributed by atoms with Gasteiger partial charge in [-0.2, -0.15) is 0 Å². The average Bonchev–Trinajstić information content (AvgIpc) is 2.39. The number of hydrogen-bond donors (Lipinski definition) is 0. The zero-order valence-electron chi connectivity index (χ0n) is 10.6. The van der Waals surface area contributed by atoms with Crippen LogP contribution in [0, 0.1) is 13.8 Å². The van der Waals surface area contributed by atoms with Crippen molar-refractivity contribution in [2.24, 2.45) is 0 Å². The predicted octanol–water partition coefficient (Wildman–Crippen LogP) is 4.52. The molecule has 0 saturated heterocycles. The van der Waals surface area contributed by atoms with E-state index in [1.165, 1.54) is 22.1 Å². The summed E-state index contributed by atoms with van der Waals surface area (Å²) in [4.78, 5) is 4.72. The third kappa shape index (κ3) is 2.00. The van der Waals surface area contributed by atoms with Gasteiger partial charge in [0.1, 0.15) is 0 Å². The lowest BCUT2D eigenvalue weighted by Gasteiger charge is -2.04. The quantitative estimate of drug-likeness (QED) is 0.603. The van der Waals surface area contributed by atoms with Crippen LogP contribution in [0.1, 0.15) is 11.1 Å². The number of aromatic nitrogens is 1. The van der Waals surface area contributed by atoms with E-state index in [1.54, 1.807) is 0 Å². The van der Waals surface area contributed by atoms with Crippen LogP contribution < -0.4 is 0 Å². The van der Waals surface area contributed by atoms with Gasteiger partial charge in [-0.25, -0.2) is 4.98 Å². The fourth-order valence-corrected chi connectivity index (χ4v) is 2.13. The van der Waals surface area contributed by atoms with Crippen molar-refractivity contribution in [1.82, 2.24) is 4.98 Å². The summed E-state index contributed by atoms with van der Waals surface area (Å²) < 4.78 is 0. The standard InChI is InChI=1S/C17H15N/c1-12-3-6-14(7-4-12)16-10-8-15-11-13(2)5-9-17(15)18-16/h3-11H,1-2H3/i10+1. The minimum Gasteiger partial charge on any atom is -0.248 e. The molecular weight excluding hydrogens is 219 g/mol. The Morgan fingerprint density at radius 3 is 2.22 bits per heavy atom. The lowest BCUT2D eigenvalue weighted by Crippen LogP contribution is -1.86. The van der Waals surface area contributed by atoms with Gasteiger partial charge in [0.05, 0.1) is 11.2 Å². The fourth-order valence-electron chi connectivity index (χ4n) is 2.13. The molecule has 3 rings (SSSR count). The number of fused-ring (bicyclic) bond motifs is 1. The van der Waals surface area contributed by atoms with Gasteiger partial charge in [-0.15, -0.1) is 0 Å². The molecule has 0 saturated carbocycles. The Hall–Kier alpha value is -2.15. The van der Waals surface area contributed by atoms with Crippen LogP contribution >= 0.6 is 0 Å². The first kappa shape index (κ1) is 11.0. The van der Waals surface area contributed by atoms with E-state index < -0.39 is 0 Å². The van der Waals surface area contributed by atoms with Crippen LogP contribution in [-0.4, -0.2) is 4.98 Å². The van der Waals surface area contributed by atoms with E-state index in [4.69, 9.17) is 4.98 Å². The molecule has 1 heterocycles. The van der Waals surface area contributed by atoms with Gasteiger partial charge >= 0.3 is 0 Å². The van der Waals surface area contributed by atoms with Gasteiger partial charge < -0.3 is 0 Å². The Balaban J connectivity index is 2.13. The topological polar surface area (TPSA) is 12.9 Å². The maximum atomic E-state index is 4.72. The van der Waals surface area contributed by atoms with Gasteiger partial charge in [0.2, 0.25) is 0 Å². The summed E-state index contributed by atoms with van der Waals surface area (Å²) in [6, 6.07) is 19.1. The number of rotatable bonds is 1. The number of aryl methyl sites for hydroxylation is 2. The van der Waals surface area contributed by atoms with E-state index in [1.807, 2.05) is 0 Å². The van der Waals surface area contributed by atoms with Crippen molar-refractivity contribution in [1.29, 1.82) is 0 Å². The molecule has 0 unspecified atom stereocenters. The summed E-state index contributed by atoms with van der Waals surface area (Å²) >= 11 is 0. The first-order valence-electron chi connectivity index (χ1n) is 6.17. The third-order valence-electron chi connectivity index (χ3n) is 3.19. The Kier molecular flexibility index (Phi) is 2.60. The number of pyridine rings is 1. The summed E-state index contributed by atoms with van der Waals surface area (Å²) in [5.74, 6) is 0. The predicted molar refractivity (Wildman–Crippen MR) is 76.7 cm³/mol. The normalized spacial score (nSPS) is 10.8. The Morgan fingerprint density at radius 2 is 1.44 bits per heavy atom. The Bertz CT molecular complexity index is 696. The largest absolute Gasteiger partial charge is 0.248 e. The van der Waals surface area contributed by atoms with E-state index in [2.05, 4.69) is 68.4 Å². The maximum Gasteiger partial charge on any atom is 0.0709 e. The highest BCUT2D eigenvalue weighted by atomic mass is 14.7. The molecule has 0 aliphatic heterocycles. The molecule has 2 aromatic carbocycles. The lowest BCUT2D eigenvalue weighted by atomic mass is 10.1. The summed E-state index contributed by atoms with van der Waals surface area (Å²) in [5.41, 5.74) is 5.80. The van der Waals surface area contributed by atoms with Gasteiger partial charge in [0.15, 0.2) is 0 Å². The van der Waals surface area contributed by atoms with Crippen LogP contribution in [0.15, 0.2) is 54.6 Å².